The number of primary amides is 1. The van der Waals surface area contributed by atoms with E-state index in [9.17, 15) is 43.5 Å². The van der Waals surface area contributed by atoms with E-state index in [-0.39, 0.29) is 38.0 Å². The number of aliphatic carboxylic acids is 1. The lowest BCUT2D eigenvalue weighted by atomic mass is 9.98. The Hall–Kier alpha value is -5.48. The summed E-state index contributed by atoms with van der Waals surface area (Å²) in [5.41, 5.74) is 6.92. The second-order valence-electron chi connectivity index (χ2n) is 13.8. The Morgan fingerprint density at radius 3 is 2.06 bits per heavy atom. The molecule has 17 heteroatoms. The number of para-hydroxylation sites is 1. The summed E-state index contributed by atoms with van der Waals surface area (Å²) in [5.74, 6) is -7.30. The number of carboxylic acid groups (broad SMARTS) is 1. The summed E-state index contributed by atoms with van der Waals surface area (Å²) >= 11 is 0. The Morgan fingerprint density at radius 2 is 1.42 bits per heavy atom. The minimum Gasteiger partial charge on any atom is -0.481 e. The summed E-state index contributed by atoms with van der Waals surface area (Å²) in [6, 6.07) is -0.316. The number of nitrogens with one attached hydrogen (secondary N) is 7. The van der Waals surface area contributed by atoms with E-state index in [0.717, 1.165) is 10.9 Å². The number of amides is 7. The molecule has 0 aliphatic carbocycles. The topological polar surface area (TPSA) is 271 Å². The molecule has 1 aliphatic heterocycles. The number of carbonyl (C=O) groups excluding carboxylic acids is 7. The van der Waals surface area contributed by atoms with Crippen LogP contribution in [0.25, 0.3) is 10.9 Å². The first-order chi connectivity index (χ1) is 24.5. The van der Waals surface area contributed by atoms with E-state index in [2.05, 4.69) is 36.9 Å². The number of benzene rings is 1. The van der Waals surface area contributed by atoms with Crippen LogP contribution in [-0.4, -0.2) is 93.7 Å². The van der Waals surface area contributed by atoms with Crippen LogP contribution in [0.3, 0.4) is 0 Å². The van der Waals surface area contributed by atoms with Crippen molar-refractivity contribution in [2.24, 2.45) is 17.6 Å². The molecule has 284 valence electrons. The SMILES string of the molecule is CC(C)C[C@@H]1NC(=O)C(C(C)C)NC(=O)[C@H](C)NC(=O)CC[C@@H](C(N)=O)NC(=O)[C@@H](CCC(=O)O)NC(=O)[C@@H](Cc2c[nH]c3ccccc23)NC1=O. The number of nitrogens with two attached hydrogens (primary N) is 1. The van der Waals surface area contributed by atoms with Gasteiger partial charge < -0.3 is 47.7 Å². The lowest BCUT2D eigenvalue weighted by Crippen LogP contribution is -2.61. The largest absolute Gasteiger partial charge is 0.481 e. The molecule has 0 spiro atoms. The van der Waals surface area contributed by atoms with Crippen molar-refractivity contribution in [2.75, 3.05) is 0 Å². The fraction of sp³-hybridized carbons (Fsp3) is 0.543. The lowest BCUT2D eigenvalue weighted by Gasteiger charge is -2.29. The number of aromatic amines is 1. The number of hydrogen-bond acceptors (Lipinski definition) is 8. The van der Waals surface area contributed by atoms with Gasteiger partial charge in [0.2, 0.25) is 41.4 Å². The molecule has 1 aromatic heterocycles. The molecule has 1 unspecified atom stereocenters. The van der Waals surface area contributed by atoms with E-state index in [0.29, 0.717) is 5.56 Å². The van der Waals surface area contributed by atoms with Gasteiger partial charge in [-0.1, -0.05) is 45.9 Å². The quantitative estimate of drug-likeness (QED) is 0.161. The molecular weight excluding hydrogens is 676 g/mol. The molecule has 0 saturated carbocycles. The molecule has 52 heavy (non-hydrogen) atoms. The number of fused-ring (bicyclic) bond motifs is 1. The molecule has 7 amide bonds. The normalized spacial score (nSPS) is 24.7. The summed E-state index contributed by atoms with van der Waals surface area (Å²) < 4.78 is 0. The highest BCUT2D eigenvalue weighted by Gasteiger charge is 2.35. The Morgan fingerprint density at radius 1 is 0.808 bits per heavy atom. The van der Waals surface area contributed by atoms with Crippen molar-refractivity contribution in [3.05, 3.63) is 36.0 Å². The van der Waals surface area contributed by atoms with Crippen LogP contribution < -0.4 is 37.6 Å². The first-order valence-electron chi connectivity index (χ1n) is 17.3. The van der Waals surface area contributed by atoms with Crippen LogP contribution in [0.15, 0.2) is 30.5 Å². The molecule has 17 nitrogen and oxygen atoms in total. The second kappa shape index (κ2) is 18.7. The third-order valence-electron chi connectivity index (χ3n) is 8.69. The Bertz CT molecular complexity index is 1660. The van der Waals surface area contributed by atoms with Gasteiger partial charge in [0.25, 0.3) is 0 Å². The van der Waals surface area contributed by atoms with E-state index in [4.69, 9.17) is 5.73 Å². The minimum atomic E-state index is -1.49. The molecule has 10 N–H and O–H groups in total. The zero-order valence-electron chi connectivity index (χ0n) is 30.0. The summed E-state index contributed by atoms with van der Waals surface area (Å²) in [7, 11) is 0. The Labute approximate surface area is 301 Å². The summed E-state index contributed by atoms with van der Waals surface area (Å²) in [4.78, 5) is 108. The monoisotopic (exact) mass is 726 g/mol. The van der Waals surface area contributed by atoms with Crippen molar-refractivity contribution in [3.63, 3.8) is 0 Å². The summed E-state index contributed by atoms with van der Waals surface area (Å²) in [5, 5.41) is 25.6. The van der Waals surface area contributed by atoms with Crippen molar-refractivity contribution < 1.29 is 43.5 Å². The number of hydrogen-bond donors (Lipinski definition) is 9. The van der Waals surface area contributed by atoms with Gasteiger partial charge in [-0.05, 0) is 49.7 Å². The van der Waals surface area contributed by atoms with Crippen molar-refractivity contribution >= 4 is 58.2 Å². The molecule has 0 bridgehead atoms. The number of carboxylic acids is 1. The van der Waals surface area contributed by atoms with E-state index >= 15 is 0 Å². The third kappa shape index (κ3) is 11.8. The maximum absolute atomic E-state index is 14.0. The second-order valence-corrected chi connectivity index (χ2v) is 13.8. The molecule has 0 radical (unpaired) electrons. The fourth-order valence-electron chi connectivity index (χ4n) is 5.80. The highest BCUT2D eigenvalue weighted by atomic mass is 16.4. The maximum atomic E-state index is 14.0. The first kappa shape index (κ1) is 40.9. The molecule has 2 heterocycles. The highest BCUT2D eigenvalue weighted by molar-refractivity contribution is 5.98. The molecule has 6 atom stereocenters. The molecular formula is C35H50N8O9. The Balaban J connectivity index is 2.08. The Kier molecular flexibility index (Phi) is 14.7. The van der Waals surface area contributed by atoms with Crippen LogP contribution >= 0.6 is 0 Å². The van der Waals surface area contributed by atoms with Crippen LogP contribution in [0.1, 0.15) is 72.3 Å². The number of aromatic nitrogens is 1. The van der Waals surface area contributed by atoms with Gasteiger partial charge in [-0.2, -0.15) is 0 Å². The lowest BCUT2D eigenvalue weighted by molar-refractivity contribution is -0.138. The predicted octanol–water partition coefficient (Wildman–Crippen LogP) is -0.515. The molecule has 1 aromatic carbocycles. The molecule has 1 fully saturated rings. The minimum absolute atomic E-state index is 0.0706. The van der Waals surface area contributed by atoms with Gasteiger partial charge in [-0.3, -0.25) is 38.4 Å². The van der Waals surface area contributed by atoms with Gasteiger partial charge in [0, 0.05) is 36.4 Å². The van der Waals surface area contributed by atoms with Crippen LogP contribution in [0.4, 0.5) is 0 Å². The van der Waals surface area contributed by atoms with Gasteiger partial charge in [0.05, 0.1) is 0 Å². The number of H-pyrrole nitrogens is 1. The van der Waals surface area contributed by atoms with E-state index in [1.165, 1.54) is 6.92 Å². The fourth-order valence-corrected chi connectivity index (χ4v) is 5.80. The van der Waals surface area contributed by atoms with E-state index in [1.807, 2.05) is 32.0 Å². The van der Waals surface area contributed by atoms with Crippen LogP contribution in [0, 0.1) is 11.8 Å². The van der Waals surface area contributed by atoms with Crippen LogP contribution in [0.5, 0.6) is 0 Å². The van der Waals surface area contributed by atoms with Crippen molar-refractivity contribution in [2.45, 2.75) is 109 Å². The summed E-state index contributed by atoms with van der Waals surface area (Å²) in [6.07, 6.45) is 0.202. The maximum Gasteiger partial charge on any atom is 0.303 e. The van der Waals surface area contributed by atoms with Crippen LogP contribution in [0.2, 0.25) is 0 Å². The molecule has 2 aromatic rings. The molecule has 3 rings (SSSR count). The average Bonchev–Trinajstić information content (AvgIpc) is 3.47. The van der Waals surface area contributed by atoms with Crippen molar-refractivity contribution in [3.8, 4) is 0 Å². The van der Waals surface area contributed by atoms with Gasteiger partial charge >= 0.3 is 5.97 Å². The summed E-state index contributed by atoms with van der Waals surface area (Å²) in [6.45, 7) is 8.47. The average molecular weight is 727 g/mol. The zero-order chi connectivity index (χ0) is 38.7. The third-order valence-corrected chi connectivity index (χ3v) is 8.69. The van der Waals surface area contributed by atoms with Gasteiger partial charge in [0.1, 0.15) is 36.3 Å². The molecule has 1 aliphatic rings. The predicted molar refractivity (Wildman–Crippen MR) is 189 cm³/mol. The number of carbonyl (C=O) groups is 8. The van der Waals surface area contributed by atoms with Crippen molar-refractivity contribution in [1.82, 2.24) is 36.9 Å². The smallest absolute Gasteiger partial charge is 0.303 e. The van der Waals surface area contributed by atoms with Crippen molar-refractivity contribution in [1.29, 1.82) is 0 Å². The number of rotatable bonds is 9. The highest BCUT2D eigenvalue weighted by Crippen LogP contribution is 2.20. The van der Waals surface area contributed by atoms with Gasteiger partial charge in [-0.25, -0.2) is 0 Å². The molecule has 1 saturated heterocycles. The van der Waals surface area contributed by atoms with E-state index < -0.39 is 95.9 Å². The van der Waals surface area contributed by atoms with Crippen LogP contribution in [-0.2, 0) is 44.8 Å². The standard InChI is InChI=1S/C35H50N8O9/c1-17(2)14-25-33(50)41-26(15-20-16-37-22-9-7-6-8-21(20)22)34(51)40-24(11-13-28(45)46)32(49)39-23(30(36)47)10-12-27(44)38-19(5)31(48)43-29(18(3)4)35(52)42-25/h6-9,16-19,23-26,29,37H,10-15H2,1-5H3,(H2,36,47)(H,38,44)(H,39,49)(H,40,51)(H,41,50)(H,42,52)(H,43,48)(H,45,46)/t19-,23-,24+,25-,26+,29?/m0/s1. The first-order valence-corrected chi connectivity index (χ1v) is 17.3. The van der Waals surface area contributed by atoms with Gasteiger partial charge in [0.15, 0.2) is 0 Å². The van der Waals surface area contributed by atoms with Gasteiger partial charge in [-0.15, -0.1) is 0 Å². The zero-order valence-corrected chi connectivity index (χ0v) is 30.0. The van der Waals surface area contributed by atoms with E-state index in [1.54, 1.807) is 26.1 Å².